The Morgan fingerprint density at radius 3 is 1.61 bits per heavy atom. The van der Waals surface area contributed by atoms with Gasteiger partial charge in [-0.3, -0.25) is 9.13 Å². The average molecular weight is 364 g/mol. The van der Waals surface area contributed by atoms with Gasteiger partial charge in [0, 0.05) is 0 Å². The largest absolute Gasteiger partial charge is 0.273 e. The van der Waals surface area contributed by atoms with Crippen LogP contribution in [0.15, 0.2) is 103 Å². The van der Waals surface area contributed by atoms with Crippen LogP contribution in [0.3, 0.4) is 0 Å². The zero-order chi connectivity index (χ0) is 19.1. The molecule has 1 saturated heterocycles. The van der Waals surface area contributed by atoms with Gasteiger partial charge in [-0.2, -0.15) is 5.46 Å². The Hall–Kier alpha value is -3.07. The van der Waals surface area contributed by atoms with Gasteiger partial charge in [-0.05, 0) is 0 Å². The van der Waals surface area contributed by atoms with Crippen molar-refractivity contribution in [1.29, 1.82) is 0 Å². The predicted octanol–water partition coefficient (Wildman–Crippen LogP) is 3.07. The van der Waals surface area contributed by atoms with E-state index in [1.807, 2.05) is 0 Å². The fraction of sp³-hybridized carbons (Fsp3) is 0.160. The van der Waals surface area contributed by atoms with Crippen LogP contribution in [0.5, 0.6) is 0 Å². The second kappa shape index (κ2) is 6.52. The van der Waals surface area contributed by atoms with Crippen molar-refractivity contribution in [2.24, 2.45) is 14.1 Å². The van der Waals surface area contributed by atoms with Gasteiger partial charge in [-0.25, -0.2) is 0 Å². The molecule has 1 aromatic heterocycles. The molecule has 2 nitrogen and oxygen atoms in total. The van der Waals surface area contributed by atoms with Crippen LogP contribution in [0.1, 0.15) is 22.8 Å². The maximum atomic E-state index is 2.33. The molecule has 0 saturated carbocycles. The van der Waals surface area contributed by atoms with Gasteiger partial charge in [0.25, 0.3) is 0 Å². The molecule has 28 heavy (non-hydrogen) atoms. The van der Waals surface area contributed by atoms with E-state index in [2.05, 4.69) is 127 Å². The van der Waals surface area contributed by atoms with Crippen molar-refractivity contribution in [2.45, 2.75) is 11.6 Å². The van der Waals surface area contributed by atoms with Gasteiger partial charge in [-0.1, -0.05) is 102 Å². The SMILES string of the molecule is Cn1cc[n+](C)c1[B-]1(c2ccccc2)[C@H](c2ccccc2)[C@H]1c1ccccc1. The number of hydrogen-bond acceptors (Lipinski definition) is 0. The zero-order valence-electron chi connectivity index (χ0n) is 16.4. The topological polar surface area (TPSA) is 8.81 Å². The standard InChI is InChI=1S/C25H25BN2/c1-27-18-19-28(2)25(27)26(22-16-10-5-11-17-22)23(20-12-6-3-7-13-20)24(26)21-14-8-4-9-15-21/h3-19,23-24H,1-2H3/t23-,24-/m1/s1. The summed E-state index contributed by atoms with van der Waals surface area (Å²) in [6.45, 7) is 0. The molecule has 0 radical (unpaired) electrons. The van der Waals surface area contributed by atoms with Crippen LogP contribution in [0.25, 0.3) is 0 Å². The molecular formula is C25H25BN2. The molecule has 0 N–H and O–H groups in total. The number of aryl methyl sites for hydroxylation is 2. The van der Waals surface area contributed by atoms with Crippen molar-refractivity contribution in [3.63, 3.8) is 0 Å². The lowest BCUT2D eigenvalue weighted by molar-refractivity contribution is -0.653. The highest BCUT2D eigenvalue weighted by molar-refractivity contribution is 7.11. The van der Waals surface area contributed by atoms with E-state index in [-0.39, 0.29) is 0 Å². The summed E-state index contributed by atoms with van der Waals surface area (Å²) >= 11 is 0. The third-order valence-electron chi connectivity index (χ3n) is 6.76. The van der Waals surface area contributed by atoms with Crippen molar-refractivity contribution >= 4 is 17.3 Å². The van der Waals surface area contributed by atoms with E-state index in [9.17, 15) is 0 Å². The minimum Gasteiger partial charge on any atom is -0.273 e. The van der Waals surface area contributed by atoms with Crippen LogP contribution in [0.2, 0.25) is 0 Å². The van der Waals surface area contributed by atoms with Gasteiger partial charge in [0.2, 0.25) is 0 Å². The molecule has 1 fully saturated rings. The summed E-state index contributed by atoms with van der Waals surface area (Å²) in [6.07, 6.45) is 3.40. The molecule has 5 rings (SSSR count). The van der Waals surface area contributed by atoms with E-state index in [0.29, 0.717) is 11.6 Å². The summed E-state index contributed by atoms with van der Waals surface area (Å²) in [7, 11) is 4.37. The molecular weight excluding hydrogens is 339 g/mol. The lowest BCUT2D eigenvalue weighted by Gasteiger charge is -2.24. The maximum Gasteiger partial charge on any atom is 0.158 e. The Bertz CT molecular complexity index is 1020. The second-order valence-corrected chi connectivity index (χ2v) is 8.17. The number of rotatable bonds is 4. The van der Waals surface area contributed by atoms with Crippen LogP contribution in [0, 0.1) is 0 Å². The molecule has 138 valence electrons. The fourth-order valence-corrected chi connectivity index (χ4v) is 5.77. The van der Waals surface area contributed by atoms with Crippen LogP contribution in [-0.4, -0.2) is 10.7 Å². The molecule has 0 spiro atoms. The van der Waals surface area contributed by atoms with Crippen molar-refractivity contribution in [1.82, 2.24) is 4.57 Å². The summed E-state index contributed by atoms with van der Waals surface area (Å²) in [5.41, 5.74) is 5.72. The smallest absolute Gasteiger partial charge is 0.158 e. The van der Waals surface area contributed by atoms with Gasteiger partial charge < -0.3 is 0 Å². The molecule has 3 aromatic carbocycles. The van der Waals surface area contributed by atoms with Crippen LogP contribution >= 0.6 is 0 Å². The average Bonchev–Trinajstić information content (AvgIpc) is 3.33. The van der Waals surface area contributed by atoms with Gasteiger partial charge in [0.05, 0.1) is 19.8 Å². The van der Waals surface area contributed by atoms with Crippen molar-refractivity contribution in [3.8, 4) is 0 Å². The van der Waals surface area contributed by atoms with E-state index in [0.717, 1.165) is 0 Å². The van der Waals surface area contributed by atoms with Crippen LogP contribution in [-0.2, 0) is 14.1 Å². The van der Waals surface area contributed by atoms with E-state index in [4.69, 9.17) is 0 Å². The van der Waals surface area contributed by atoms with Gasteiger partial charge in [-0.15, -0.1) is 11.6 Å². The third kappa shape index (κ3) is 2.39. The number of nitrogens with zero attached hydrogens (tertiary/aromatic N) is 2. The van der Waals surface area contributed by atoms with Crippen LogP contribution < -0.4 is 15.8 Å². The minimum atomic E-state index is -0.973. The van der Waals surface area contributed by atoms with Crippen molar-refractivity contribution in [2.75, 3.05) is 0 Å². The molecule has 3 heteroatoms. The van der Waals surface area contributed by atoms with Crippen LogP contribution in [0.4, 0.5) is 0 Å². The van der Waals surface area contributed by atoms with Crippen molar-refractivity contribution in [3.05, 3.63) is 115 Å². The first kappa shape index (κ1) is 17.1. The second-order valence-electron chi connectivity index (χ2n) is 8.17. The van der Waals surface area contributed by atoms with E-state index in [1.54, 1.807) is 0 Å². The zero-order valence-corrected chi connectivity index (χ0v) is 16.4. The van der Waals surface area contributed by atoms with E-state index < -0.39 is 6.15 Å². The Morgan fingerprint density at radius 1 is 0.714 bits per heavy atom. The first-order valence-electron chi connectivity index (χ1n) is 10.1. The number of aromatic nitrogens is 2. The highest BCUT2D eigenvalue weighted by Gasteiger charge is 2.64. The Morgan fingerprint density at radius 2 is 1.18 bits per heavy atom. The molecule has 0 unspecified atom stereocenters. The first-order valence-corrected chi connectivity index (χ1v) is 10.1. The molecule has 0 aliphatic carbocycles. The number of hydrogen-bond donors (Lipinski definition) is 0. The Kier molecular flexibility index (Phi) is 3.97. The molecule has 2 atom stereocenters. The molecule has 0 amide bonds. The van der Waals surface area contributed by atoms with E-state index >= 15 is 0 Å². The summed E-state index contributed by atoms with van der Waals surface area (Å²) < 4.78 is 4.65. The summed E-state index contributed by atoms with van der Waals surface area (Å²) in [4.78, 5) is 0. The molecule has 4 aromatic rings. The van der Waals surface area contributed by atoms with E-state index in [1.165, 1.54) is 22.3 Å². The van der Waals surface area contributed by atoms with Gasteiger partial charge >= 0.3 is 0 Å². The lowest BCUT2D eigenvalue weighted by Crippen LogP contribution is -2.64. The lowest BCUT2D eigenvalue weighted by atomic mass is 9.31. The molecule has 0 bridgehead atoms. The summed E-state index contributed by atoms with van der Waals surface area (Å²) in [5, 5.41) is 0. The predicted molar refractivity (Wildman–Crippen MR) is 116 cm³/mol. The quantitative estimate of drug-likeness (QED) is 0.389. The molecule has 1 aliphatic rings. The number of imidazole rings is 1. The van der Waals surface area contributed by atoms with Gasteiger partial charge in [0.15, 0.2) is 6.15 Å². The summed E-state index contributed by atoms with van der Waals surface area (Å²) in [6, 6.07) is 33.3. The molecule has 2 heterocycles. The third-order valence-corrected chi connectivity index (χ3v) is 6.76. The van der Waals surface area contributed by atoms with Gasteiger partial charge in [0.1, 0.15) is 12.4 Å². The van der Waals surface area contributed by atoms with Crippen molar-refractivity contribution < 1.29 is 4.57 Å². The normalized spacial score (nSPS) is 23.5. The highest BCUT2D eigenvalue weighted by atomic mass is 15.1. The monoisotopic (exact) mass is 364 g/mol. The Labute approximate surface area is 167 Å². The first-order chi connectivity index (χ1) is 13.7. The minimum absolute atomic E-state index is 0.464. The fourth-order valence-electron chi connectivity index (χ4n) is 5.77. The summed E-state index contributed by atoms with van der Waals surface area (Å²) in [5.74, 6) is 0.927. The number of benzene rings is 3. The highest BCUT2D eigenvalue weighted by Crippen LogP contribution is 2.60. The Balaban J connectivity index is 1.81. The molecule has 1 aliphatic heterocycles. The maximum absolute atomic E-state index is 2.33.